The SMILES string of the molecule is CC(CCc1ccco1)n1c(N)cc(=O)[nH]c1=O. The van der Waals surface area contributed by atoms with Crippen molar-refractivity contribution in [3.63, 3.8) is 0 Å². The highest BCUT2D eigenvalue weighted by Gasteiger charge is 2.11. The van der Waals surface area contributed by atoms with Crippen LogP contribution in [0.15, 0.2) is 38.5 Å². The Kier molecular flexibility index (Phi) is 3.36. The Morgan fingerprint density at radius 3 is 2.89 bits per heavy atom. The molecule has 6 nitrogen and oxygen atoms in total. The van der Waals surface area contributed by atoms with Crippen molar-refractivity contribution in [3.05, 3.63) is 51.1 Å². The molecular weight excluding hydrogens is 234 g/mol. The van der Waals surface area contributed by atoms with E-state index in [1.165, 1.54) is 10.6 Å². The summed E-state index contributed by atoms with van der Waals surface area (Å²) in [7, 11) is 0. The topological polar surface area (TPSA) is 94.0 Å². The second-order valence-corrected chi connectivity index (χ2v) is 4.20. The maximum atomic E-state index is 11.7. The van der Waals surface area contributed by atoms with E-state index in [0.717, 1.165) is 5.76 Å². The van der Waals surface area contributed by atoms with Gasteiger partial charge in [0.1, 0.15) is 11.6 Å². The number of aromatic amines is 1. The maximum absolute atomic E-state index is 11.7. The van der Waals surface area contributed by atoms with Crippen LogP contribution >= 0.6 is 0 Å². The highest BCUT2D eigenvalue weighted by atomic mass is 16.3. The van der Waals surface area contributed by atoms with Gasteiger partial charge in [-0.2, -0.15) is 0 Å². The van der Waals surface area contributed by atoms with Gasteiger partial charge in [-0.15, -0.1) is 0 Å². The minimum atomic E-state index is -0.480. The number of hydrogen-bond acceptors (Lipinski definition) is 4. The number of rotatable bonds is 4. The molecule has 2 aromatic rings. The van der Waals surface area contributed by atoms with Gasteiger partial charge in [-0.25, -0.2) is 4.79 Å². The second kappa shape index (κ2) is 4.95. The van der Waals surface area contributed by atoms with Crippen molar-refractivity contribution in [2.45, 2.75) is 25.8 Å². The molecule has 0 saturated heterocycles. The summed E-state index contributed by atoms with van der Waals surface area (Å²) in [4.78, 5) is 24.9. The summed E-state index contributed by atoms with van der Waals surface area (Å²) in [5, 5.41) is 0. The van der Waals surface area contributed by atoms with Crippen LogP contribution in [0.1, 0.15) is 25.1 Å². The van der Waals surface area contributed by atoms with Gasteiger partial charge in [-0.3, -0.25) is 14.3 Å². The smallest absolute Gasteiger partial charge is 0.330 e. The van der Waals surface area contributed by atoms with Crippen LogP contribution in [0, 0.1) is 0 Å². The third kappa shape index (κ3) is 2.53. The number of aromatic nitrogens is 2. The lowest BCUT2D eigenvalue weighted by Crippen LogP contribution is -2.33. The summed E-state index contributed by atoms with van der Waals surface area (Å²) in [6.07, 6.45) is 3.02. The largest absolute Gasteiger partial charge is 0.469 e. The molecular formula is C12H15N3O3. The minimum absolute atomic E-state index is 0.112. The summed E-state index contributed by atoms with van der Waals surface area (Å²) in [5.41, 5.74) is 4.73. The number of furan rings is 1. The molecule has 2 heterocycles. The van der Waals surface area contributed by atoms with Crippen LogP contribution in [0.2, 0.25) is 0 Å². The van der Waals surface area contributed by atoms with E-state index in [1.807, 2.05) is 19.1 Å². The highest BCUT2D eigenvalue weighted by Crippen LogP contribution is 2.15. The average Bonchev–Trinajstić information content (AvgIpc) is 2.77. The molecule has 0 bridgehead atoms. The van der Waals surface area contributed by atoms with Gasteiger partial charge in [-0.05, 0) is 25.5 Å². The number of nitrogens with two attached hydrogens (primary N) is 1. The summed E-state index contributed by atoms with van der Waals surface area (Å²) in [6, 6.07) is 4.80. The molecule has 0 radical (unpaired) electrons. The molecule has 18 heavy (non-hydrogen) atoms. The Morgan fingerprint density at radius 1 is 1.50 bits per heavy atom. The van der Waals surface area contributed by atoms with Crippen molar-refractivity contribution in [2.24, 2.45) is 0 Å². The number of nitrogens with one attached hydrogen (secondary N) is 1. The molecule has 3 N–H and O–H groups in total. The van der Waals surface area contributed by atoms with Crippen molar-refractivity contribution in [3.8, 4) is 0 Å². The lowest BCUT2D eigenvalue weighted by molar-refractivity contribution is 0.444. The zero-order valence-electron chi connectivity index (χ0n) is 10.1. The molecule has 2 aromatic heterocycles. The van der Waals surface area contributed by atoms with Crippen LogP contribution in [0.5, 0.6) is 0 Å². The van der Waals surface area contributed by atoms with E-state index in [9.17, 15) is 9.59 Å². The van der Waals surface area contributed by atoms with Crippen LogP contribution in [0.25, 0.3) is 0 Å². The summed E-state index contributed by atoms with van der Waals surface area (Å²) >= 11 is 0. The van der Waals surface area contributed by atoms with Gasteiger partial charge in [0.25, 0.3) is 5.56 Å². The molecule has 0 aromatic carbocycles. The van der Waals surface area contributed by atoms with E-state index < -0.39 is 11.2 Å². The third-order valence-corrected chi connectivity index (χ3v) is 2.84. The fraction of sp³-hybridized carbons (Fsp3) is 0.333. The van der Waals surface area contributed by atoms with Gasteiger partial charge in [-0.1, -0.05) is 0 Å². The Labute approximate surface area is 103 Å². The van der Waals surface area contributed by atoms with Crippen LogP contribution < -0.4 is 17.0 Å². The number of aryl methyl sites for hydroxylation is 1. The molecule has 0 aliphatic rings. The van der Waals surface area contributed by atoms with E-state index in [-0.39, 0.29) is 11.9 Å². The summed E-state index contributed by atoms with van der Waals surface area (Å²) in [5.74, 6) is 1.04. The lowest BCUT2D eigenvalue weighted by atomic mass is 10.1. The normalized spacial score (nSPS) is 12.5. The number of nitrogens with zero attached hydrogens (tertiary/aromatic N) is 1. The molecule has 0 spiro atoms. The Bertz CT molecular complexity index is 625. The molecule has 1 atom stereocenters. The van der Waals surface area contributed by atoms with Crippen LogP contribution in [0.3, 0.4) is 0 Å². The maximum Gasteiger partial charge on any atom is 0.330 e. The van der Waals surface area contributed by atoms with Gasteiger partial charge >= 0.3 is 5.69 Å². The first kappa shape index (κ1) is 12.2. The highest BCUT2D eigenvalue weighted by molar-refractivity contribution is 5.26. The van der Waals surface area contributed by atoms with Crippen LogP contribution in [0.4, 0.5) is 5.82 Å². The van der Waals surface area contributed by atoms with Crippen molar-refractivity contribution in [1.29, 1.82) is 0 Å². The minimum Gasteiger partial charge on any atom is -0.469 e. The van der Waals surface area contributed by atoms with Gasteiger partial charge in [0.15, 0.2) is 0 Å². The Hall–Kier alpha value is -2.24. The van der Waals surface area contributed by atoms with Gasteiger partial charge < -0.3 is 10.2 Å². The fourth-order valence-electron chi connectivity index (χ4n) is 1.91. The second-order valence-electron chi connectivity index (χ2n) is 4.20. The first-order valence-electron chi connectivity index (χ1n) is 5.71. The number of H-pyrrole nitrogens is 1. The fourth-order valence-corrected chi connectivity index (χ4v) is 1.91. The molecule has 1 unspecified atom stereocenters. The third-order valence-electron chi connectivity index (χ3n) is 2.84. The predicted octanol–water partition coefficient (Wildman–Crippen LogP) is 0.906. The number of hydrogen-bond donors (Lipinski definition) is 2. The van der Waals surface area contributed by atoms with Gasteiger partial charge in [0, 0.05) is 18.5 Å². The van der Waals surface area contributed by atoms with E-state index in [4.69, 9.17) is 10.2 Å². The standard InChI is InChI=1S/C12H15N3O3/c1-8(4-5-9-3-2-6-18-9)15-10(13)7-11(16)14-12(15)17/h2-3,6-8H,4-5,13H2,1H3,(H,14,16,17). The molecule has 0 aliphatic carbocycles. The molecule has 2 rings (SSSR count). The molecule has 0 saturated carbocycles. The quantitative estimate of drug-likeness (QED) is 0.841. The van der Waals surface area contributed by atoms with Crippen molar-refractivity contribution in [2.75, 3.05) is 5.73 Å². The van der Waals surface area contributed by atoms with E-state index >= 15 is 0 Å². The number of anilines is 1. The van der Waals surface area contributed by atoms with E-state index in [2.05, 4.69) is 4.98 Å². The predicted molar refractivity (Wildman–Crippen MR) is 67.5 cm³/mol. The number of nitrogen functional groups attached to an aromatic ring is 1. The molecule has 0 fully saturated rings. The zero-order valence-corrected chi connectivity index (χ0v) is 10.1. The van der Waals surface area contributed by atoms with Crippen molar-refractivity contribution < 1.29 is 4.42 Å². The van der Waals surface area contributed by atoms with Crippen molar-refractivity contribution >= 4 is 5.82 Å². The van der Waals surface area contributed by atoms with Crippen LogP contribution in [-0.4, -0.2) is 9.55 Å². The monoisotopic (exact) mass is 249 g/mol. The molecule has 6 heteroatoms. The summed E-state index contributed by atoms with van der Waals surface area (Å²) < 4.78 is 6.60. The first-order chi connectivity index (χ1) is 8.58. The zero-order chi connectivity index (χ0) is 13.1. The average molecular weight is 249 g/mol. The first-order valence-corrected chi connectivity index (χ1v) is 5.71. The molecule has 0 amide bonds. The molecule has 96 valence electrons. The lowest BCUT2D eigenvalue weighted by Gasteiger charge is -2.16. The Morgan fingerprint density at radius 2 is 2.28 bits per heavy atom. The van der Waals surface area contributed by atoms with E-state index in [0.29, 0.717) is 12.8 Å². The van der Waals surface area contributed by atoms with Crippen molar-refractivity contribution in [1.82, 2.24) is 9.55 Å². The van der Waals surface area contributed by atoms with Gasteiger partial charge in [0.2, 0.25) is 0 Å². The Balaban J connectivity index is 2.16. The molecule has 0 aliphatic heterocycles. The van der Waals surface area contributed by atoms with E-state index in [1.54, 1.807) is 6.26 Å². The van der Waals surface area contributed by atoms with Gasteiger partial charge in [0.05, 0.1) is 6.26 Å². The summed E-state index contributed by atoms with van der Waals surface area (Å²) in [6.45, 7) is 1.87. The van der Waals surface area contributed by atoms with Crippen LogP contribution in [-0.2, 0) is 6.42 Å².